The third-order valence-corrected chi connectivity index (χ3v) is 3.35. The van der Waals surface area contributed by atoms with Gasteiger partial charge < -0.3 is 10.4 Å². The summed E-state index contributed by atoms with van der Waals surface area (Å²) in [6, 6.07) is 11.0. The number of aromatic nitrogens is 4. The largest absolute Gasteiger partial charge is 0.740 e. The monoisotopic (exact) mass is 324 g/mol. The van der Waals surface area contributed by atoms with Gasteiger partial charge >= 0.3 is 11.9 Å². The van der Waals surface area contributed by atoms with Crippen LogP contribution in [0.25, 0.3) is 0 Å². The van der Waals surface area contributed by atoms with E-state index >= 15 is 0 Å². The molecule has 8 nitrogen and oxygen atoms in total. The Bertz CT molecular complexity index is 741. The summed E-state index contributed by atoms with van der Waals surface area (Å²) in [7, 11) is 0. The van der Waals surface area contributed by atoms with Gasteiger partial charge in [-0.2, -0.15) is 0 Å². The van der Waals surface area contributed by atoms with Crippen molar-refractivity contribution in [1.29, 1.82) is 0 Å². The van der Waals surface area contributed by atoms with E-state index in [1.165, 1.54) is 12.4 Å². The molecule has 2 heterocycles. The highest BCUT2D eigenvalue weighted by molar-refractivity contribution is 5.29. The van der Waals surface area contributed by atoms with Gasteiger partial charge in [0.2, 0.25) is 0 Å². The summed E-state index contributed by atoms with van der Waals surface area (Å²) in [4.78, 5) is 7.95. The summed E-state index contributed by atoms with van der Waals surface area (Å²) in [6.45, 7) is 0.988. The zero-order chi connectivity index (χ0) is 16.8. The minimum absolute atomic E-state index is 0.262. The first kappa shape index (κ1) is 15.5. The molecule has 1 aromatic carbocycles. The normalized spacial score (nSPS) is 10.3. The zero-order valence-corrected chi connectivity index (χ0v) is 12.8. The second-order valence-electron chi connectivity index (χ2n) is 5.06. The van der Waals surface area contributed by atoms with Gasteiger partial charge in [-0.3, -0.25) is 10.6 Å². The van der Waals surface area contributed by atoms with Gasteiger partial charge in [0.15, 0.2) is 0 Å². The summed E-state index contributed by atoms with van der Waals surface area (Å²) in [5.41, 5.74) is 2.03. The van der Waals surface area contributed by atoms with Crippen LogP contribution in [0.4, 0.5) is 11.9 Å². The molecule has 0 aliphatic carbocycles. The van der Waals surface area contributed by atoms with Gasteiger partial charge in [0.25, 0.3) is 0 Å². The van der Waals surface area contributed by atoms with Crippen LogP contribution in [0.1, 0.15) is 11.1 Å². The van der Waals surface area contributed by atoms with Crippen molar-refractivity contribution in [3.05, 3.63) is 82.7 Å². The van der Waals surface area contributed by atoms with E-state index in [2.05, 4.69) is 20.6 Å². The van der Waals surface area contributed by atoms with Gasteiger partial charge in [0.1, 0.15) is 12.4 Å². The molecule has 0 bridgehead atoms. The fraction of sp³-hybridized carbons (Fsp3) is 0.125. The van der Waals surface area contributed by atoms with E-state index in [4.69, 9.17) is 0 Å². The molecular weight excluding hydrogens is 308 g/mol. The maximum atomic E-state index is 11.5. The Labute approximate surface area is 138 Å². The molecule has 0 fully saturated rings. The fourth-order valence-electron chi connectivity index (χ4n) is 2.10. The van der Waals surface area contributed by atoms with Crippen LogP contribution in [0.2, 0.25) is 0 Å². The van der Waals surface area contributed by atoms with Crippen LogP contribution in [-0.2, 0) is 13.1 Å². The zero-order valence-electron chi connectivity index (χ0n) is 12.8. The number of nitrogens with one attached hydrogen (secondary N) is 2. The average Bonchev–Trinajstić information content (AvgIpc) is 2.61. The third-order valence-electron chi connectivity index (χ3n) is 3.35. The number of benzene rings is 1. The topological polar surface area (TPSA) is 104 Å². The molecule has 8 heteroatoms. The molecule has 0 spiro atoms. The van der Waals surface area contributed by atoms with Crippen LogP contribution >= 0.6 is 0 Å². The molecule has 0 aliphatic rings. The fourth-order valence-corrected chi connectivity index (χ4v) is 2.10. The third kappa shape index (κ3) is 3.86. The molecule has 122 valence electrons. The summed E-state index contributed by atoms with van der Waals surface area (Å²) in [5.74, 6) is 0.525. The molecule has 2 N–H and O–H groups in total. The first-order chi connectivity index (χ1) is 11.7. The number of nitrogens with zero attached hydrogens (tertiary/aromatic N) is 4. The first-order valence-corrected chi connectivity index (χ1v) is 7.36. The second-order valence-corrected chi connectivity index (χ2v) is 5.06. The highest BCUT2D eigenvalue weighted by Crippen LogP contribution is 2.07. The Morgan fingerprint density at radius 1 is 0.750 bits per heavy atom. The molecule has 24 heavy (non-hydrogen) atoms. The molecule has 0 unspecified atom stereocenters. The molecule has 3 rings (SSSR count). The Morgan fingerprint density at radius 3 is 1.54 bits per heavy atom. The van der Waals surface area contributed by atoms with Crippen LogP contribution in [0.15, 0.2) is 61.2 Å². The number of hydrogen-bond acceptors (Lipinski definition) is 6. The van der Waals surface area contributed by atoms with Crippen molar-refractivity contribution in [1.82, 2.24) is 9.97 Å². The van der Waals surface area contributed by atoms with Crippen molar-refractivity contribution in [2.75, 3.05) is 10.6 Å². The molecule has 0 atom stereocenters. The van der Waals surface area contributed by atoms with E-state index in [9.17, 15) is 10.4 Å². The van der Waals surface area contributed by atoms with Gasteiger partial charge in [-0.1, -0.05) is 34.2 Å². The number of rotatable bonds is 6. The van der Waals surface area contributed by atoms with Gasteiger partial charge in [0, 0.05) is 12.1 Å². The van der Waals surface area contributed by atoms with E-state index in [1.807, 2.05) is 24.3 Å². The van der Waals surface area contributed by atoms with E-state index in [1.54, 1.807) is 24.5 Å². The molecule has 0 radical (unpaired) electrons. The van der Waals surface area contributed by atoms with Crippen molar-refractivity contribution >= 4 is 11.9 Å². The average molecular weight is 324 g/mol. The Kier molecular flexibility index (Phi) is 4.66. The van der Waals surface area contributed by atoms with E-state index in [0.29, 0.717) is 22.6 Å². The van der Waals surface area contributed by atoms with Crippen LogP contribution in [0, 0.1) is 10.4 Å². The molecule has 2 aromatic heterocycles. The number of anilines is 2. The minimum Gasteiger partial charge on any atom is -0.740 e. The van der Waals surface area contributed by atoms with Crippen molar-refractivity contribution in [3.8, 4) is 0 Å². The predicted molar refractivity (Wildman–Crippen MR) is 87.5 cm³/mol. The minimum atomic E-state index is 0.262. The Morgan fingerprint density at radius 2 is 1.17 bits per heavy atom. The maximum Gasteiger partial charge on any atom is 0.392 e. The Balaban J connectivity index is 1.55. The molecule has 0 amide bonds. The highest BCUT2D eigenvalue weighted by atomic mass is 16.5. The standard InChI is InChI=1S/C16H16N6O2/c23-21-9-1-7-17-15(21)19-11-13-3-5-14(6-4-13)12-20-16-18-8-2-10-22(16)24/h1-10H,11-12H2,(H,17,19)(H,18,20). The van der Waals surface area contributed by atoms with Crippen LogP contribution < -0.4 is 20.1 Å². The lowest BCUT2D eigenvalue weighted by atomic mass is 10.1. The van der Waals surface area contributed by atoms with Gasteiger partial charge in [-0.05, 0) is 11.1 Å². The van der Waals surface area contributed by atoms with E-state index in [-0.39, 0.29) is 11.9 Å². The van der Waals surface area contributed by atoms with Crippen LogP contribution in [0.3, 0.4) is 0 Å². The summed E-state index contributed by atoms with van der Waals surface area (Å²) in [5, 5.41) is 29.0. The SMILES string of the molecule is [O-][n+]1cccnc1NCc1ccc(CNc2nccc[n+]2[O-])cc1. The van der Waals surface area contributed by atoms with Gasteiger partial charge in [-0.25, -0.2) is 9.46 Å². The van der Waals surface area contributed by atoms with Crippen molar-refractivity contribution < 1.29 is 9.46 Å². The first-order valence-electron chi connectivity index (χ1n) is 7.36. The second kappa shape index (κ2) is 7.23. The predicted octanol–water partition coefficient (Wildman–Crippen LogP) is 0.968. The molecule has 0 saturated heterocycles. The lowest BCUT2D eigenvalue weighted by molar-refractivity contribution is -0.593. The van der Waals surface area contributed by atoms with E-state index in [0.717, 1.165) is 11.1 Å². The van der Waals surface area contributed by atoms with Gasteiger partial charge in [0.05, 0.1) is 25.5 Å². The van der Waals surface area contributed by atoms with Crippen molar-refractivity contribution in [2.45, 2.75) is 13.1 Å². The molecule has 0 aliphatic heterocycles. The van der Waals surface area contributed by atoms with Crippen LogP contribution in [-0.4, -0.2) is 9.97 Å². The lowest BCUT2D eigenvalue weighted by Gasteiger charge is -2.08. The summed E-state index contributed by atoms with van der Waals surface area (Å²) in [6.07, 6.45) is 5.91. The van der Waals surface area contributed by atoms with E-state index < -0.39 is 0 Å². The van der Waals surface area contributed by atoms with Crippen molar-refractivity contribution in [2.24, 2.45) is 0 Å². The Hall–Kier alpha value is -3.42. The maximum absolute atomic E-state index is 11.5. The molecule has 0 saturated carbocycles. The molecule has 3 aromatic rings. The number of hydrogen-bond donors (Lipinski definition) is 2. The molecular formula is C16H16N6O2. The lowest BCUT2D eigenvalue weighted by Crippen LogP contribution is -2.31. The summed E-state index contributed by atoms with van der Waals surface area (Å²) < 4.78 is 1.37. The highest BCUT2D eigenvalue weighted by Gasteiger charge is 2.06. The van der Waals surface area contributed by atoms with Gasteiger partial charge in [-0.15, -0.1) is 0 Å². The summed E-state index contributed by atoms with van der Waals surface area (Å²) >= 11 is 0. The van der Waals surface area contributed by atoms with Crippen molar-refractivity contribution in [3.63, 3.8) is 0 Å². The quantitative estimate of drug-likeness (QED) is 0.517. The smallest absolute Gasteiger partial charge is 0.392 e. The van der Waals surface area contributed by atoms with Crippen LogP contribution in [0.5, 0.6) is 0 Å².